The van der Waals surface area contributed by atoms with E-state index >= 15 is 0 Å². The first-order valence-corrected chi connectivity index (χ1v) is 8.42. The van der Waals surface area contributed by atoms with Crippen molar-refractivity contribution in [3.63, 3.8) is 0 Å². The van der Waals surface area contributed by atoms with Crippen LogP contribution in [-0.4, -0.2) is 65.2 Å². The molecule has 1 unspecified atom stereocenters. The maximum absolute atomic E-state index is 13.1. The van der Waals surface area contributed by atoms with Crippen molar-refractivity contribution < 1.29 is 15.0 Å². The lowest BCUT2D eigenvalue weighted by Crippen LogP contribution is -2.51. The van der Waals surface area contributed by atoms with Crippen molar-refractivity contribution in [2.45, 2.75) is 25.3 Å². The van der Waals surface area contributed by atoms with Gasteiger partial charge in [0.15, 0.2) is 0 Å². The molecule has 2 aliphatic heterocycles. The Morgan fingerprint density at radius 1 is 1.04 bits per heavy atom. The van der Waals surface area contributed by atoms with Crippen LogP contribution in [0.3, 0.4) is 0 Å². The Morgan fingerprint density at radius 2 is 1.74 bits per heavy atom. The summed E-state index contributed by atoms with van der Waals surface area (Å²) < 4.78 is 0. The van der Waals surface area contributed by atoms with Crippen LogP contribution < -0.4 is 5.32 Å². The monoisotopic (exact) mass is 319 g/mol. The summed E-state index contributed by atoms with van der Waals surface area (Å²) in [5, 5.41) is 23.1. The van der Waals surface area contributed by atoms with Crippen molar-refractivity contribution >= 4 is 5.91 Å². The number of amides is 1. The maximum Gasteiger partial charge on any atom is 0.244 e. The van der Waals surface area contributed by atoms with Crippen molar-refractivity contribution in [2.24, 2.45) is 0 Å². The number of carbonyl (C=O) groups excluding carboxylic acids is 1. The Bertz CT molecular complexity index is 552. The van der Waals surface area contributed by atoms with Crippen LogP contribution in [0.2, 0.25) is 0 Å². The molecule has 2 aliphatic rings. The highest BCUT2D eigenvalue weighted by Gasteiger charge is 2.34. The van der Waals surface area contributed by atoms with E-state index in [1.807, 2.05) is 4.90 Å². The Hall–Kier alpha value is -1.79. The van der Waals surface area contributed by atoms with Crippen molar-refractivity contribution in [2.75, 3.05) is 39.3 Å². The van der Waals surface area contributed by atoms with E-state index in [1.54, 1.807) is 6.07 Å². The Morgan fingerprint density at radius 3 is 2.39 bits per heavy atom. The summed E-state index contributed by atoms with van der Waals surface area (Å²) in [6, 6.07) is 4.06. The number of piperidine rings is 1. The highest BCUT2D eigenvalue weighted by molar-refractivity contribution is 5.84. The summed E-state index contributed by atoms with van der Waals surface area (Å²) in [4.78, 5) is 17.2. The van der Waals surface area contributed by atoms with E-state index in [0.29, 0.717) is 18.7 Å². The van der Waals surface area contributed by atoms with Gasteiger partial charge in [0.1, 0.15) is 17.5 Å². The number of hydrogen-bond donors (Lipinski definition) is 3. The van der Waals surface area contributed by atoms with Gasteiger partial charge in [0.25, 0.3) is 0 Å². The summed E-state index contributed by atoms with van der Waals surface area (Å²) >= 11 is 0. The van der Waals surface area contributed by atoms with E-state index in [-0.39, 0.29) is 17.4 Å². The number of carbonyl (C=O) groups is 1. The van der Waals surface area contributed by atoms with Crippen LogP contribution in [0, 0.1) is 0 Å². The number of phenols is 2. The molecule has 0 saturated carbocycles. The molecule has 2 saturated heterocycles. The van der Waals surface area contributed by atoms with E-state index in [9.17, 15) is 15.0 Å². The fraction of sp³-hybridized carbons (Fsp3) is 0.588. The van der Waals surface area contributed by atoms with Gasteiger partial charge in [-0.2, -0.15) is 0 Å². The molecule has 1 atom stereocenters. The fourth-order valence-electron chi connectivity index (χ4n) is 3.48. The molecule has 2 fully saturated rings. The standard InChI is InChI=1S/C17H25N3O3/c21-13-4-5-14(15(22)12-13)16(19-8-2-1-3-9-19)17(23)20-10-6-18-7-11-20/h4-5,12,16,18,21-22H,1-3,6-11H2. The number of phenolic OH excluding ortho intramolecular Hbond substituents is 2. The fourth-order valence-corrected chi connectivity index (χ4v) is 3.48. The van der Waals surface area contributed by atoms with Gasteiger partial charge in [0, 0.05) is 37.8 Å². The predicted octanol–water partition coefficient (Wildman–Crippen LogP) is 1.06. The molecule has 1 aromatic rings. The zero-order valence-corrected chi connectivity index (χ0v) is 13.4. The van der Waals surface area contributed by atoms with Crippen molar-refractivity contribution in [1.29, 1.82) is 0 Å². The van der Waals surface area contributed by atoms with E-state index in [1.165, 1.54) is 18.6 Å². The lowest BCUT2D eigenvalue weighted by molar-refractivity contribution is -0.138. The Kier molecular flexibility index (Phi) is 5.03. The lowest BCUT2D eigenvalue weighted by atomic mass is 9.99. The summed E-state index contributed by atoms with van der Waals surface area (Å²) in [5.74, 6) is 0.0525. The van der Waals surface area contributed by atoms with Gasteiger partial charge in [-0.25, -0.2) is 0 Å². The quantitative estimate of drug-likeness (QED) is 0.777. The normalized spacial score (nSPS) is 21.1. The molecule has 6 nitrogen and oxygen atoms in total. The van der Waals surface area contributed by atoms with Gasteiger partial charge < -0.3 is 20.4 Å². The van der Waals surface area contributed by atoms with E-state index in [4.69, 9.17) is 0 Å². The van der Waals surface area contributed by atoms with Crippen LogP contribution in [0.4, 0.5) is 0 Å². The number of aromatic hydroxyl groups is 2. The van der Waals surface area contributed by atoms with Gasteiger partial charge in [0.2, 0.25) is 5.91 Å². The maximum atomic E-state index is 13.1. The highest BCUT2D eigenvalue weighted by atomic mass is 16.3. The first-order valence-electron chi connectivity index (χ1n) is 8.42. The summed E-state index contributed by atoms with van der Waals surface area (Å²) in [6.07, 6.45) is 3.33. The third-order valence-corrected chi connectivity index (χ3v) is 4.73. The first-order chi connectivity index (χ1) is 11.2. The van der Waals surface area contributed by atoms with Crippen molar-refractivity contribution in [1.82, 2.24) is 15.1 Å². The smallest absolute Gasteiger partial charge is 0.244 e. The van der Waals surface area contributed by atoms with E-state index < -0.39 is 6.04 Å². The van der Waals surface area contributed by atoms with Gasteiger partial charge in [-0.15, -0.1) is 0 Å². The Balaban J connectivity index is 1.90. The summed E-state index contributed by atoms with van der Waals surface area (Å²) in [5.41, 5.74) is 0.591. The number of benzene rings is 1. The van der Waals surface area contributed by atoms with Gasteiger partial charge in [-0.1, -0.05) is 6.42 Å². The molecule has 1 aromatic carbocycles. The van der Waals surface area contributed by atoms with Crippen LogP contribution in [0.5, 0.6) is 11.5 Å². The van der Waals surface area contributed by atoms with Crippen LogP contribution in [0.15, 0.2) is 18.2 Å². The molecule has 126 valence electrons. The minimum Gasteiger partial charge on any atom is -0.508 e. The summed E-state index contributed by atoms with van der Waals surface area (Å²) in [7, 11) is 0. The molecule has 1 amide bonds. The topological polar surface area (TPSA) is 76.0 Å². The largest absolute Gasteiger partial charge is 0.508 e. The number of hydrogen-bond acceptors (Lipinski definition) is 5. The lowest BCUT2D eigenvalue weighted by Gasteiger charge is -2.38. The van der Waals surface area contributed by atoms with Crippen molar-refractivity contribution in [3.05, 3.63) is 23.8 Å². The predicted molar refractivity (Wildman–Crippen MR) is 87.4 cm³/mol. The van der Waals surface area contributed by atoms with Gasteiger partial charge >= 0.3 is 0 Å². The molecule has 3 rings (SSSR count). The number of rotatable bonds is 3. The molecule has 0 aliphatic carbocycles. The third kappa shape index (κ3) is 3.59. The third-order valence-electron chi connectivity index (χ3n) is 4.73. The van der Waals surface area contributed by atoms with Gasteiger partial charge in [0.05, 0.1) is 0 Å². The van der Waals surface area contributed by atoms with Gasteiger partial charge in [-0.05, 0) is 38.1 Å². The molecule has 0 aromatic heterocycles. The second-order valence-electron chi connectivity index (χ2n) is 6.32. The van der Waals surface area contributed by atoms with Crippen LogP contribution in [0.25, 0.3) is 0 Å². The van der Waals surface area contributed by atoms with Crippen molar-refractivity contribution in [3.8, 4) is 11.5 Å². The second kappa shape index (κ2) is 7.19. The molecule has 0 radical (unpaired) electrons. The van der Waals surface area contributed by atoms with Crippen LogP contribution >= 0.6 is 0 Å². The number of piperazine rings is 1. The number of nitrogens with zero attached hydrogens (tertiary/aromatic N) is 2. The van der Waals surface area contributed by atoms with Crippen LogP contribution in [-0.2, 0) is 4.79 Å². The molecule has 3 N–H and O–H groups in total. The average molecular weight is 319 g/mol. The highest BCUT2D eigenvalue weighted by Crippen LogP contribution is 2.34. The number of nitrogens with one attached hydrogen (secondary N) is 1. The van der Waals surface area contributed by atoms with Gasteiger partial charge in [-0.3, -0.25) is 9.69 Å². The molecule has 0 bridgehead atoms. The SMILES string of the molecule is O=C(C(c1ccc(O)cc1O)N1CCCCC1)N1CCNCC1. The second-order valence-corrected chi connectivity index (χ2v) is 6.32. The molecule has 0 spiro atoms. The summed E-state index contributed by atoms with van der Waals surface area (Å²) in [6.45, 7) is 4.73. The molecule has 23 heavy (non-hydrogen) atoms. The molecular formula is C17H25N3O3. The molecule has 2 heterocycles. The van der Waals surface area contributed by atoms with E-state index in [2.05, 4.69) is 10.2 Å². The molecule has 6 heteroatoms. The Labute approximate surface area is 136 Å². The zero-order chi connectivity index (χ0) is 16.2. The average Bonchev–Trinajstić information content (AvgIpc) is 2.59. The van der Waals surface area contributed by atoms with Crippen LogP contribution in [0.1, 0.15) is 30.9 Å². The zero-order valence-electron chi connectivity index (χ0n) is 13.4. The number of likely N-dealkylation sites (tertiary alicyclic amines) is 1. The molecular weight excluding hydrogens is 294 g/mol. The minimum atomic E-state index is -0.464. The minimum absolute atomic E-state index is 0.0101. The van der Waals surface area contributed by atoms with E-state index in [0.717, 1.165) is 39.0 Å². The first kappa shape index (κ1) is 16.1.